The third-order valence-corrected chi connectivity index (χ3v) is 4.28. The number of nitrogens with one attached hydrogen (secondary N) is 1. The van der Waals surface area contributed by atoms with Gasteiger partial charge in [-0.05, 0) is 49.2 Å². The van der Waals surface area contributed by atoms with Crippen LogP contribution in [-0.2, 0) is 6.42 Å². The van der Waals surface area contributed by atoms with Gasteiger partial charge >= 0.3 is 0 Å². The van der Waals surface area contributed by atoms with Crippen LogP contribution in [0.4, 0.5) is 4.39 Å². The SMILES string of the molecule is CCNC(Cc1c(F)cccc1Cl)c1ccc(C)c(Cl)c1. The summed E-state index contributed by atoms with van der Waals surface area (Å²) in [5.74, 6) is -0.274. The van der Waals surface area contributed by atoms with E-state index in [1.165, 1.54) is 6.07 Å². The highest BCUT2D eigenvalue weighted by Gasteiger charge is 2.16. The molecule has 1 atom stereocenters. The number of benzene rings is 2. The van der Waals surface area contributed by atoms with E-state index in [4.69, 9.17) is 23.2 Å². The number of rotatable bonds is 5. The zero-order chi connectivity index (χ0) is 15.4. The van der Waals surface area contributed by atoms with E-state index in [0.717, 1.165) is 22.7 Å². The standard InChI is InChI=1S/C17H18Cl2FN/c1-3-21-17(12-8-7-11(2)15(19)9-12)10-13-14(18)5-4-6-16(13)20/h4-9,17,21H,3,10H2,1-2H3. The zero-order valence-electron chi connectivity index (χ0n) is 12.1. The monoisotopic (exact) mass is 325 g/mol. The molecule has 1 N–H and O–H groups in total. The average Bonchev–Trinajstić information content (AvgIpc) is 2.45. The van der Waals surface area contributed by atoms with Gasteiger partial charge < -0.3 is 5.32 Å². The van der Waals surface area contributed by atoms with Crippen LogP contribution in [0, 0.1) is 12.7 Å². The largest absolute Gasteiger partial charge is 0.310 e. The predicted octanol–water partition coefficient (Wildman–Crippen LogP) is 5.33. The van der Waals surface area contributed by atoms with Gasteiger partial charge in [-0.1, -0.05) is 48.3 Å². The minimum absolute atomic E-state index is 0.0255. The molecule has 0 radical (unpaired) electrons. The van der Waals surface area contributed by atoms with Gasteiger partial charge in [0.15, 0.2) is 0 Å². The number of likely N-dealkylation sites (N-methyl/N-ethyl adjacent to an activating group) is 1. The summed E-state index contributed by atoms with van der Waals surface area (Å²) in [5, 5.41) is 4.54. The van der Waals surface area contributed by atoms with Crippen LogP contribution in [0.2, 0.25) is 10.0 Å². The first-order valence-electron chi connectivity index (χ1n) is 6.95. The molecule has 0 amide bonds. The van der Waals surface area contributed by atoms with Gasteiger partial charge in [0.2, 0.25) is 0 Å². The Kier molecular flexibility index (Phi) is 5.63. The molecule has 21 heavy (non-hydrogen) atoms. The van der Waals surface area contributed by atoms with E-state index in [2.05, 4.69) is 5.32 Å². The normalized spacial score (nSPS) is 12.4. The molecule has 0 aliphatic heterocycles. The first-order valence-corrected chi connectivity index (χ1v) is 7.70. The zero-order valence-corrected chi connectivity index (χ0v) is 13.6. The molecule has 0 spiro atoms. The van der Waals surface area contributed by atoms with Gasteiger partial charge in [0.1, 0.15) is 5.82 Å². The van der Waals surface area contributed by atoms with Crippen LogP contribution in [0.15, 0.2) is 36.4 Å². The van der Waals surface area contributed by atoms with Crippen LogP contribution in [0.5, 0.6) is 0 Å². The summed E-state index contributed by atoms with van der Waals surface area (Å²) >= 11 is 12.3. The molecule has 0 aliphatic rings. The third kappa shape index (κ3) is 3.97. The van der Waals surface area contributed by atoms with Crippen molar-refractivity contribution in [3.05, 3.63) is 69.0 Å². The minimum Gasteiger partial charge on any atom is -0.310 e. The molecule has 0 aromatic heterocycles. The fourth-order valence-electron chi connectivity index (χ4n) is 2.31. The fourth-order valence-corrected chi connectivity index (χ4v) is 2.74. The van der Waals surface area contributed by atoms with Gasteiger partial charge in [-0.25, -0.2) is 4.39 Å². The lowest BCUT2D eigenvalue weighted by atomic mass is 9.97. The summed E-state index contributed by atoms with van der Waals surface area (Å²) in [4.78, 5) is 0. The van der Waals surface area contributed by atoms with E-state index in [9.17, 15) is 4.39 Å². The smallest absolute Gasteiger partial charge is 0.127 e. The summed E-state index contributed by atoms with van der Waals surface area (Å²) in [6, 6.07) is 10.7. The van der Waals surface area contributed by atoms with Crippen LogP contribution >= 0.6 is 23.2 Å². The lowest BCUT2D eigenvalue weighted by Crippen LogP contribution is -2.23. The molecule has 1 unspecified atom stereocenters. The fraction of sp³-hybridized carbons (Fsp3) is 0.294. The molecule has 0 aliphatic carbocycles. The van der Waals surface area contributed by atoms with Crippen molar-refractivity contribution >= 4 is 23.2 Å². The first kappa shape index (κ1) is 16.3. The Balaban J connectivity index is 2.33. The Morgan fingerprint density at radius 1 is 1.14 bits per heavy atom. The summed E-state index contributed by atoms with van der Waals surface area (Å²) in [5.41, 5.74) is 2.59. The van der Waals surface area contributed by atoms with Crippen molar-refractivity contribution < 1.29 is 4.39 Å². The second-order valence-corrected chi connectivity index (χ2v) is 5.84. The summed E-state index contributed by atoms with van der Waals surface area (Å²) < 4.78 is 14.0. The quantitative estimate of drug-likeness (QED) is 0.782. The van der Waals surface area contributed by atoms with Crippen LogP contribution in [0.1, 0.15) is 29.7 Å². The van der Waals surface area contributed by atoms with Crippen molar-refractivity contribution in [2.45, 2.75) is 26.3 Å². The van der Waals surface area contributed by atoms with Crippen LogP contribution in [-0.4, -0.2) is 6.54 Å². The second kappa shape index (κ2) is 7.26. The molecule has 0 saturated carbocycles. The van der Waals surface area contributed by atoms with Crippen molar-refractivity contribution in [2.24, 2.45) is 0 Å². The number of hydrogen-bond acceptors (Lipinski definition) is 1. The van der Waals surface area contributed by atoms with E-state index in [1.54, 1.807) is 12.1 Å². The first-order chi connectivity index (χ1) is 10.0. The van der Waals surface area contributed by atoms with E-state index < -0.39 is 0 Å². The maximum Gasteiger partial charge on any atom is 0.127 e. The summed E-state index contributed by atoms with van der Waals surface area (Å²) in [7, 11) is 0. The van der Waals surface area contributed by atoms with Crippen LogP contribution in [0.3, 0.4) is 0 Å². The number of halogens is 3. The molecule has 2 rings (SSSR count). The second-order valence-electron chi connectivity index (χ2n) is 5.02. The van der Waals surface area contributed by atoms with Gasteiger partial charge in [0.25, 0.3) is 0 Å². The van der Waals surface area contributed by atoms with Crippen LogP contribution < -0.4 is 5.32 Å². The summed E-state index contributed by atoms with van der Waals surface area (Å²) in [6.07, 6.45) is 0.485. The molecule has 2 aromatic rings. The lowest BCUT2D eigenvalue weighted by Gasteiger charge is -2.20. The maximum atomic E-state index is 14.0. The molecule has 2 aromatic carbocycles. The molecule has 0 fully saturated rings. The van der Waals surface area contributed by atoms with Crippen molar-refractivity contribution in [1.82, 2.24) is 5.32 Å². The predicted molar refractivity (Wildman–Crippen MR) is 87.7 cm³/mol. The highest BCUT2D eigenvalue weighted by atomic mass is 35.5. The Hall–Kier alpha value is -1.09. The van der Waals surface area contributed by atoms with Crippen molar-refractivity contribution in [3.8, 4) is 0 Å². The minimum atomic E-state index is -0.274. The number of hydrogen-bond donors (Lipinski definition) is 1. The third-order valence-electron chi connectivity index (χ3n) is 3.52. The topological polar surface area (TPSA) is 12.0 Å². The highest BCUT2D eigenvalue weighted by Crippen LogP contribution is 2.28. The molecule has 0 heterocycles. The van der Waals surface area contributed by atoms with E-state index in [1.807, 2.05) is 32.0 Å². The Labute approximate surface area is 135 Å². The molecular formula is C17H18Cl2FN. The van der Waals surface area contributed by atoms with Gasteiger partial charge in [-0.15, -0.1) is 0 Å². The number of aryl methyl sites for hydroxylation is 1. The van der Waals surface area contributed by atoms with Gasteiger partial charge in [0.05, 0.1) is 0 Å². The molecular weight excluding hydrogens is 308 g/mol. The van der Waals surface area contributed by atoms with Gasteiger partial charge in [0, 0.05) is 21.7 Å². The maximum absolute atomic E-state index is 14.0. The molecule has 0 saturated heterocycles. The lowest BCUT2D eigenvalue weighted by molar-refractivity contribution is 0.528. The van der Waals surface area contributed by atoms with Crippen LogP contribution in [0.25, 0.3) is 0 Å². The average molecular weight is 326 g/mol. The van der Waals surface area contributed by atoms with Crippen molar-refractivity contribution in [2.75, 3.05) is 6.54 Å². The van der Waals surface area contributed by atoms with E-state index >= 15 is 0 Å². The van der Waals surface area contributed by atoms with Crippen molar-refractivity contribution in [1.29, 1.82) is 0 Å². The highest BCUT2D eigenvalue weighted by molar-refractivity contribution is 6.31. The summed E-state index contributed by atoms with van der Waals surface area (Å²) in [6.45, 7) is 4.76. The van der Waals surface area contributed by atoms with Gasteiger partial charge in [-0.3, -0.25) is 0 Å². The van der Waals surface area contributed by atoms with E-state index in [0.29, 0.717) is 17.0 Å². The van der Waals surface area contributed by atoms with Crippen molar-refractivity contribution in [3.63, 3.8) is 0 Å². The van der Waals surface area contributed by atoms with E-state index in [-0.39, 0.29) is 11.9 Å². The Morgan fingerprint density at radius 3 is 2.52 bits per heavy atom. The molecule has 0 bridgehead atoms. The molecule has 112 valence electrons. The Morgan fingerprint density at radius 2 is 1.90 bits per heavy atom. The van der Waals surface area contributed by atoms with Gasteiger partial charge in [-0.2, -0.15) is 0 Å². The molecule has 1 nitrogen and oxygen atoms in total. The molecule has 4 heteroatoms. The Bertz CT molecular complexity index is 608.